The normalized spacial score (nSPS) is 18.5. The minimum atomic E-state index is 0.341. The third-order valence-corrected chi connectivity index (χ3v) is 3.50. The number of nitrogen functional groups attached to an aromatic ring is 1. The Bertz CT molecular complexity index is 348. The van der Waals surface area contributed by atoms with Crippen LogP contribution in [-0.4, -0.2) is 27.8 Å². The smallest absolute Gasteiger partial charge is 0.126 e. The molecule has 4 nitrogen and oxygen atoms in total. The lowest BCUT2D eigenvalue weighted by atomic mass is 10.2. The molecule has 96 valence electrons. The van der Waals surface area contributed by atoms with E-state index in [2.05, 4.69) is 23.8 Å². The summed E-state index contributed by atoms with van der Waals surface area (Å²) in [7, 11) is 0. The zero-order valence-corrected chi connectivity index (χ0v) is 11.0. The zero-order chi connectivity index (χ0) is 12.3. The molecule has 0 aliphatic carbocycles. The van der Waals surface area contributed by atoms with E-state index < -0.39 is 0 Å². The molecule has 2 rings (SSSR count). The van der Waals surface area contributed by atoms with Gasteiger partial charge in [0, 0.05) is 18.2 Å². The highest BCUT2D eigenvalue weighted by molar-refractivity contribution is 5.38. The summed E-state index contributed by atoms with van der Waals surface area (Å²) in [6, 6.07) is 0.341. The predicted octanol–water partition coefficient (Wildman–Crippen LogP) is 2.42. The van der Waals surface area contributed by atoms with Gasteiger partial charge in [-0.2, -0.15) is 5.10 Å². The number of likely N-dealkylation sites (tertiary alicyclic amines) is 1. The van der Waals surface area contributed by atoms with Gasteiger partial charge in [0.2, 0.25) is 0 Å². The molecule has 2 heterocycles. The largest absolute Gasteiger partial charge is 0.384 e. The summed E-state index contributed by atoms with van der Waals surface area (Å²) in [5, 5.41) is 4.37. The van der Waals surface area contributed by atoms with Crippen LogP contribution in [0.25, 0.3) is 0 Å². The van der Waals surface area contributed by atoms with Crippen LogP contribution in [0.5, 0.6) is 0 Å². The van der Waals surface area contributed by atoms with E-state index in [-0.39, 0.29) is 0 Å². The lowest BCUT2D eigenvalue weighted by molar-refractivity contribution is 0.277. The van der Waals surface area contributed by atoms with E-state index in [1.807, 2.05) is 10.9 Å². The molecule has 0 unspecified atom stereocenters. The van der Waals surface area contributed by atoms with Crippen LogP contribution in [0.3, 0.4) is 0 Å². The minimum absolute atomic E-state index is 0.341. The highest BCUT2D eigenvalue weighted by Crippen LogP contribution is 2.19. The van der Waals surface area contributed by atoms with Crippen LogP contribution >= 0.6 is 0 Å². The molecule has 0 aromatic carbocycles. The Morgan fingerprint density at radius 1 is 1.24 bits per heavy atom. The van der Waals surface area contributed by atoms with E-state index >= 15 is 0 Å². The maximum atomic E-state index is 6.13. The maximum Gasteiger partial charge on any atom is 0.126 e. The molecule has 4 heteroatoms. The number of nitrogens with zero attached hydrogens (tertiary/aromatic N) is 3. The van der Waals surface area contributed by atoms with Gasteiger partial charge in [0.05, 0.1) is 6.20 Å². The Morgan fingerprint density at radius 3 is 2.41 bits per heavy atom. The quantitative estimate of drug-likeness (QED) is 0.876. The summed E-state index contributed by atoms with van der Waals surface area (Å²) in [4.78, 5) is 2.50. The molecule has 0 amide bonds. The highest BCUT2D eigenvalue weighted by atomic mass is 15.3. The van der Waals surface area contributed by atoms with E-state index in [1.165, 1.54) is 44.3 Å². The lowest BCUT2D eigenvalue weighted by Gasteiger charge is -2.19. The third-order valence-electron chi connectivity index (χ3n) is 3.50. The van der Waals surface area contributed by atoms with Crippen LogP contribution in [0.4, 0.5) is 5.82 Å². The first-order chi connectivity index (χ1) is 8.18. The second-order valence-electron chi connectivity index (χ2n) is 5.28. The standard InChI is InChI=1S/C13H24N4/c1-11(2)17-13(14)12(9-15-17)10-16-7-5-3-4-6-8-16/h9,11H,3-8,10,14H2,1-2H3. The SMILES string of the molecule is CC(C)n1ncc(CN2CCCCCC2)c1N. The van der Waals surface area contributed by atoms with Gasteiger partial charge in [0.15, 0.2) is 0 Å². The summed E-state index contributed by atoms with van der Waals surface area (Å²) in [5.41, 5.74) is 7.32. The molecule has 0 radical (unpaired) electrons. The first-order valence-corrected chi connectivity index (χ1v) is 6.72. The Balaban J connectivity index is 2.02. The fourth-order valence-corrected chi connectivity index (χ4v) is 2.48. The van der Waals surface area contributed by atoms with Gasteiger partial charge in [0.25, 0.3) is 0 Å². The molecule has 0 bridgehead atoms. The highest BCUT2D eigenvalue weighted by Gasteiger charge is 2.14. The Hall–Kier alpha value is -1.03. The van der Waals surface area contributed by atoms with Crippen LogP contribution in [0.15, 0.2) is 6.20 Å². The fraction of sp³-hybridized carbons (Fsp3) is 0.769. The third kappa shape index (κ3) is 3.00. The van der Waals surface area contributed by atoms with Gasteiger partial charge in [-0.25, -0.2) is 4.68 Å². The van der Waals surface area contributed by atoms with Crippen molar-refractivity contribution in [3.8, 4) is 0 Å². The molecule has 17 heavy (non-hydrogen) atoms. The predicted molar refractivity (Wildman–Crippen MR) is 70.8 cm³/mol. The molecule has 1 aromatic heterocycles. The number of aromatic nitrogens is 2. The van der Waals surface area contributed by atoms with Crippen molar-refractivity contribution in [3.05, 3.63) is 11.8 Å². The maximum absolute atomic E-state index is 6.13. The minimum Gasteiger partial charge on any atom is -0.384 e. The van der Waals surface area contributed by atoms with Gasteiger partial charge in [-0.15, -0.1) is 0 Å². The van der Waals surface area contributed by atoms with Crippen molar-refractivity contribution in [1.29, 1.82) is 0 Å². The van der Waals surface area contributed by atoms with Gasteiger partial charge < -0.3 is 5.73 Å². The van der Waals surface area contributed by atoms with Crippen molar-refractivity contribution in [1.82, 2.24) is 14.7 Å². The van der Waals surface area contributed by atoms with Crippen LogP contribution in [-0.2, 0) is 6.54 Å². The van der Waals surface area contributed by atoms with Crippen LogP contribution in [0, 0.1) is 0 Å². The van der Waals surface area contributed by atoms with Gasteiger partial charge >= 0.3 is 0 Å². The average molecular weight is 236 g/mol. The molecule has 1 aliphatic rings. The first kappa shape index (κ1) is 12.4. The summed E-state index contributed by atoms with van der Waals surface area (Å²) in [5.74, 6) is 0.837. The number of anilines is 1. The molecule has 0 spiro atoms. The van der Waals surface area contributed by atoms with Crippen molar-refractivity contribution in [3.63, 3.8) is 0 Å². The molecule has 0 saturated carbocycles. The second-order valence-corrected chi connectivity index (χ2v) is 5.28. The molecular weight excluding hydrogens is 212 g/mol. The summed E-state index contributed by atoms with van der Waals surface area (Å²) >= 11 is 0. The Kier molecular flexibility index (Phi) is 4.05. The van der Waals surface area contributed by atoms with E-state index in [0.29, 0.717) is 6.04 Å². The molecule has 1 aromatic rings. The molecule has 0 atom stereocenters. The molecule has 2 N–H and O–H groups in total. The lowest BCUT2D eigenvalue weighted by Crippen LogP contribution is -2.24. The van der Waals surface area contributed by atoms with E-state index in [0.717, 1.165) is 12.4 Å². The number of nitrogens with two attached hydrogens (primary N) is 1. The second kappa shape index (κ2) is 5.54. The molecule has 1 saturated heterocycles. The van der Waals surface area contributed by atoms with Crippen molar-refractivity contribution in [2.45, 2.75) is 52.1 Å². The number of hydrogen-bond donors (Lipinski definition) is 1. The Morgan fingerprint density at radius 2 is 1.88 bits per heavy atom. The van der Waals surface area contributed by atoms with Crippen molar-refractivity contribution in [2.24, 2.45) is 0 Å². The monoisotopic (exact) mass is 236 g/mol. The molecule has 1 aliphatic heterocycles. The average Bonchev–Trinajstić information content (AvgIpc) is 2.52. The Labute approximate surface area is 104 Å². The van der Waals surface area contributed by atoms with Gasteiger partial charge in [-0.1, -0.05) is 12.8 Å². The first-order valence-electron chi connectivity index (χ1n) is 6.72. The van der Waals surface area contributed by atoms with Crippen LogP contribution in [0.2, 0.25) is 0 Å². The zero-order valence-electron chi connectivity index (χ0n) is 11.0. The molecule has 1 fully saturated rings. The summed E-state index contributed by atoms with van der Waals surface area (Å²) in [6.45, 7) is 7.58. The van der Waals surface area contributed by atoms with E-state index in [9.17, 15) is 0 Å². The summed E-state index contributed by atoms with van der Waals surface area (Å²) < 4.78 is 1.91. The van der Waals surface area contributed by atoms with Gasteiger partial charge in [-0.3, -0.25) is 4.90 Å². The summed E-state index contributed by atoms with van der Waals surface area (Å²) in [6.07, 6.45) is 7.31. The topological polar surface area (TPSA) is 47.1 Å². The van der Waals surface area contributed by atoms with E-state index in [1.54, 1.807) is 0 Å². The van der Waals surface area contributed by atoms with E-state index in [4.69, 9.17) is 5.73 Å². The van der Waals surface area contributed by atoms with Crippen LogP contribution in [0.1, 0.15) is 51.1 Å². The fourth-order valence-electron chi connectivity index (χ4n) is 2.48. The molecular formula is C13H24N4. The van der Waals surface area contributed by atoms with Crippen molar-refractivity contribution in [2.75, 3.05) is 18.8 Å². The van der Waals surface area contributed by atoms with Gasteiger partial charge in [-0.05, 0) is 39.8 Å². The van der Waals surface area contributed by atoms with Crippen LogP contribution < -0.4 is 5.73 Å². The van der Waals surface area contributed by atoms with Crippen molar-refractivity contribution >= 4 is 5.82 Å². The van der Waals surface area contributed by atoms with Crippen molar-refractivity contribution < 1.29 is 0 Å². The number of rotatable bonds is 3. The number of hydrogen-bond acceptors (Lipinski definition) is 3. The van der Waals surface area contributed by atoms with Gasteiger partial charge in [0.1, 0.15) is 5.82 Å².